The van der Waals surface area contributed by atoms with Crippen molar-refractivity contribution < 1.29 is 28.6 Å². The van der Waals surface area contributed by atoms with Crippen LogP contribution < -0.4 is 35.9 Å². The number of hydrogen-bond acceptors (Lipinski definition) is 9. The van der Waals surface area contributed by atoms with Gasteiger partial charge in [0.1, 0.15) is 16.7 Å². The zero-order chi connectivity index (χ0) is 28.1. The SMILES string of the molecule is COc1ccc(N(C(=O)c2snc(C(N)=O)c2N)[C@H](C(=O)NC2CCCC2)c2ccc(OC)c(OC)c2)cc1. The Morgan fingerprint density at radius 2 is 1.67 bits per heavy atom. The number of carbonyl (C=O) groups excluding carboxylic acids is 3. The Labute approximate surface area is 230 Å². The van der Waals surface area contributed by atoms with Gasteiger partial charge >= 0.3 is 0 Å². The quantitative estimate of drug-likeness (QED) is 0.345. The number of methoxy groups -OCH3 is 3. The van der Waals surface area contributed by atoms with E-state index < -0.39 is 17.9 Å². The molecule has 1 aromatic heterocycles. The van der Waals surface area contributed by atoms with Crippen molar-refractivity contribution in [3.05, 3.63) is 58.6 Å². The maximum atomic E-state index is 14.2. The van der Waals surface area contributed by atoms with Crippen molar-refractivity contribution in [3.8, 4) is 17.2 Å². The number of aromatic nitrogens is 1. The van der Waals surface area contributed by atoms with E-state index in [1.165, 1.54) is 26.2 Å². The van der Waals surface area contributed by atoms with Gasteiger partial charge in [0.2, 0.25) is 5.91 Å². The minimum atomic E-state index is -1.13. The molecule has 0 unspecified atom stereocenters. The average Bonchev–Trinajstić information content (AvgIpc) is 3.60. The van der Waals surface area contributed by atoms with Crippen LogP contribution in [0.2, 0.25) is 0 Å². The average molecular weight is 554 g/mol. The molecular weight excluding hydrogens is 522 g/mol. The first-order valence-corrected chi connectivity index (χ1v) is 13.1. The lowest BCUT2D eigenvalue weighted by Gasteiger charge is -2.32. The number of primary amides is 1. The summed E-state index contributed by atoms with van der Waals surface area (Å²) in [6, 6.07) is 10.6. The number of ether oxygens (including phenoxy) is 3. The lowest BCUT2D eigenvalue weighted by Crippen LogP contribution is -2.46. The van der Waals surface area contributed by atoms with E-state index in [0.29, 0.717) is 28.5 Å². The molecule has 11 nitrogen and oxygen atoms in total. The van der Waals surface area contributed by atoms with Gasteiger partial charge in [-0.15, -0.1) is 0 Å². The van der Waals surface area contributed by atoms with Crippen LogP contribution >= 0.6 is 11.5 Å². The highest BCUT2D eigenvalue weighted by Crippen LogP contribution is 2.37. The van der Waals surface area contributed by atoms with Crippen LogP contribution in [0.3, 0.4) is 0 Å². The summed E-state index contributed by atoms with van der Waals surface area (Å²) in [5.41, 5.74) is 12.1. The van der Waals surface area contributed by atoms with E-state index in [0.717, 1.165) is 37.2 Å². The van der Waals surface area contributed by atoms with Gasteiger partial charge in [-0.25, -0.2) is 0 Å². The van der Waals surface area contributed by atoms with Gasteiger partial charge in [0.15, 0.2) is 17.2 Å². The summed E-state index contributed by atoms with van der Waals surface area (Å²) in [4.78, 5) is 41.3. The highest BCUT2D eigenvalue weighted by molar-refractivity contribution is 7.09. The van der Waals surface area contributed by atoms with E-state index in [1.807, 2.05) is 0 Å². The molecule has 39 heavy (non-hydrogen) atoms. The van der Waals surface area contributed by atoms with Gasteiger partial charge in [-0.05, 0) is 66.3 Å². The molecule has 1 saturated carbocycles. The lowest BCUT2D eigenvalue weighted by molar-refractivity contribution is -0.123. The van der Waals surface area contributed by atoms with Gasteiger partial charge in [0.05, 0.1) is 27.0 Å². The molecule has 1 fully saturated rings. The third kappa shape index (κ3) is 5.75. The first-order chi connectivity index (χ1) is 18.8. The Balaban J connectivity index is 1.89. The highest BCUT2D eigenvalue weighted by Gasteiger charge is 2.37. The van der Waals surface area contributed by atoms with Crippen molar-refractivity contribution in [2.45, 2.75) is 37.8 Å². The molecule has 0 saturated heterocycles. The normalized spacial score (nSPS) is 13.9. The molecular formula is C27H31N5O6S. The van der Waals surface area contributed by atoms with Crippen molar-refractivity contribution in [2.24, 2.45) is 5.73 Å². The van der Waals surface area contributed by atoms with Gasteiger partial charge in [-0.1, -0.05) is 18.9 Å². The summed E-state index contributed by atoms with van der Waals surface area (Å²) >= 11 is 0.746. The van der Waals surface area contributed by atoms with E-state index in [4.69, 9.17) is 25.7 Å². The molecule has 2 aromatic carbocycles. The number of anilines is 2. The van der Waals surface area contributed by atoms with Crippen molar-refractivity contribution in [1.29, 1.82) is 0 Å². The first-order valence-electron chi connectivity index (χ1n) is 12.3. The minimum Gasteiger partial charge on any atom is -0.497 e. The molecule has 3 aromatic rings. The molecule has 1 aliphatic rings. The number of rotatable bonds is 10. The van der Waals surface area contributed by atoms with E-state index in [1.54, 1.807) is 42.5 Å². The summed E-state index contributed by atoms with van der Waals surface area (Å²) in [5, 5.41) is 3.11. The van der Waals surface area contributed by atoms with Crippen LogP contribution in [0.15, 0.2) is 42.5 Å². The zero-order valence-electron chi connectivity index (χ0n) is 21.9. The fourth-order valence-electron chi connectivity index (χ4n) is 4.66. The number of nitrogens with two attached hydrogens (primary N) is 2. The lowest BCUT2D eigenvalue weighted by atomic mass is 10.0. The van der Waals surface area contributed by atoms with Crippen molar-refractivity contribution in [1.82, 2.24) is 9.69 Å². The number of nitrogens with zero attached hydrogens (tertiary/aromatic N) is 2. The summed E-state index contributed by atoms with van der Waals surface area (Å²) < 4.78 is 20.1. The third-order valence-corrected chi connectivity index (χ3v) is 7.51. The second-order valence-electron chi connectivity index (χ2n) is 9.02. The molecule has 0 radical (unpaired) electrons. The summed E-state index contributed by atoms with van der Waals surface area (Å²) in [7, 11) is 4.53. The molecule has 0 spiro atoms. The van der Waals surface area contributed by atoms with Crippen molar-refractivity contribution in [2.75, 3.05) is 32.0 Å². The second kappa shape index (κ2) is 12.0. The Bertz CT molecular complexity index is 1350. The minimum absolute atomic E-state index is 0.0112. The standard InChI is InChI=1S/C27H31N5O6S/c1-36-18-11-9-17(10-12-18)32(27(35)24-21(28)22(25(29)33)31-39-24)23(26(34)30-16-6-4-5-7-16)15-8-13-19(37-2)20(14-15)38-3/h8-14,16,23H,4-7,28H2,1-3H3,(H2,29,33)(H,30,34)/t23-/m0/s1. The topological polar surface area (TPSA) is 159 Å². The van der Waals surface area contributed by atoms with Crippen LogP contribution in [-0.2, 0) is 4.79 Å². The van der Waals surface area contributed by atoms with E-state index >= 15 is 0 Å². The summed E-state index contributed by atoms with van der Waals surface area (Å²) in [6.07, 6.45) is 3.73. The maximum absolute atomic E-state index is 14.2. The number of nitrogen functional groups attached to an aromatic ring is 1. The Kier molecular flexibility index (Phi) is 8.55. The molecule has 0 bridgehead atoms. The zero-order valence-corrected chi connectivity index (χ0v) is 22.7. The number of benzene rings is 2. The highest BCUT2D eigenvalue weighted by atomic mass is 32.1. The predicted octanol–water partition coefficient (Wildman–Crippen LogP) is 3.30. The Hall–Kier alpha value is -4.32. The maximum Gasteiger partial charge on any atom is 0.273 e. The van der Waals surface area contributed by atoms with Crippen LogP contribution in [0, 0.1) is 0 Å². The molecule has 12 heteroatoms. The predicted molar refractivity (Wildman–Crippen MR) is 148 cm³/mol. The fourth-order valence-corrected chi connectivity index (χ4v) is 5.40. The molecule has 206 valence electrons. The largest absolute Gasteiger partial charge is 0.497 e. The third-order valence-electron chi connectivity index (χ3n) is 6.66. The van der Waals surface area contributed by atoms with Crippen LogP contribution in [0.4, 0.5) is 11.4 Å². The molecule has 4 rings (SSSR count). The van der Waals surface area contributed by atoms with Crippen LogP contribution in [0.1, 0.15) is 57.4 Å². The second-order valence-corrected chi connectivity index (χ2v) is 9.79. The van der Waals surface area contributed by atoms with Crippen molar-refractivity contribution >= 4 is 40.6 Å². The molecule has 1 heterocycles. The number of nitrogens with one attached hydrogen (secondary N) is 1. The Morgan fingerprint density at radius 3 is 2.23 bits per heavy atom. The van der Waals surface area contributed by atoms with Gasteiger partial charge in [0.25, 0.3) is 11.8 Å². The summed E-state index contributed by atoms with van der Waals surface area (Å²) in [5.74, 6) is -0.423. The number of carbonyl (C=O) groups is 3. The van der Waals surface area contributed by atoms with Crippen LogP contribution in [-0.4, -0.2) is 49.5 Å². The molecule has 1 aliphatic carbocycles. The smallest absolute Gasteiger partial charge is 0.273 e. The molecule has 5 N–H and O–H groups in total. The molecule has 1 atom stereocenters. The van der Waals surface area contributed by atoms with E-state index in [-0.39, 0.29) is 28.2 Å². The van der Waals surface area contributed by atoms with E-state index in [9.17, 15) is 14.4 Å². The van der Waals surface area contributed by atoms with Gasteiger partial charge < -0.3 is 31.0 Å². The number of amides is 3. The number of hydrogen-bond donors (Lipinski definition) is 3. The fraction of sp³-hybridized carbons (Fsp3) is 0.333. The van der Waals surface area contributed by atoms with Gasteiger partial charge in [-0.2, -0.15) is 4.37 Å². The summed E-state index contributed by atoms with van der Waals surface area (Å²) in [6.45, 7) is 0. The van der Waals surface area contributed by atoms with Crippen LogP contribution in [0.5, 0.6) is 17.2 Å². The molecule has 3 amide bonds. The van der Waals surface area contributed by atoms with Crippen molar-refractivity contribution in [3.63, 3.8) is 0 Å². The van der Waals surface area contributed by atoms with Crippen LogP contribution in [0.25, 0.3) is 0 Å². The van der Waals surface area contributed by atoms with Gasteiger partial charge in [-0.3, -0.25) is 19.3 Å². The first kappa shape index (κ1) is 27.7. The Morgan fingerprint density at radius 1 is 1.00 bits per heavy atom. The van der Waals surface area contributed by atoms with Gasteiger partial charge in [0, 0.05) is 11.7 Å². The molecule has 0 aliphatic heterocycles. The monoisotopic (exact) mass is 553 g/mol. The van der Waals surface area contributed by atoms with E-state index in [2.05, 4.69) is 9.69 Å².